The largest absolute Gasteiger partial charge is 0.418 e. The van der Waals surface area contributed by atoms with Crippen molar-refractivity contribution in [1.82, 2.24) is 9.78 Å². The molecule has 2 N–H and O–H groups in total. The van der Waals surface area contributed by atoms with E-state index in [-0.39, 0.29) is 33.7 Å². The Morgan fingerprint density at radius 3 is 2.54 bits per heavy atom. The number of benzene rings is 2. The van der Waals surface area contributed by atoms with Crippen LogP contribution in [0.25, 0.3) is 0 Å². The normalized spacial score (nSPS) is 11.3. The van der Waals surface area contributed by atoms with Crippen LogP contribution in [0, 0.1) is 5.82 Å². The van der Waals surface area contributed by atoms with Crippen molar-refractivity contribution >= 4 is 40.4 Å². The van der Waals surface area contributed by atoms with Crippen molar-refractivity contribution in [3.8, 4) is 0 Å². The van der Waals surface area contributed by atoms with E-state index in [1.807, 2.05) is 0 Å². The zero-order chi connectivity index (χ0) is 20.3. The third kappa shape index (κ3) is 4.79. The highest BCUT2D eigenvalue weighted by Gasteiger charge is 2.33. The van der Waals surface area contributed by atoms with E-state index >= 15 is 0 Å². The topological polar surface area (TPSA) is 41.9 Å². The Morgan fingerprint density at radius 1 is 1.07 bits per heavy atom. The molecule has 1 heterocycles. The number of nitrogens with one attached hydrogen (secondary N) is 2. The summed E-state index contributed by atoms with van der Waals surface area (Å²) in [7, 11) is 0. The first-order valence-electron chi connectivity index (χ1n) is 7.94. The predicted octanol–water partition coefficient (Wildman–Crippen LogP) is 5.55. The lowest BCUT2D eigenvalue weighted by atomic mass is 10.2. The maximum Gasteiger partial charge on any atom is 0.418 e. The second-order valence-corrected chi connectivity index (χ2v) is 6.54. The van der Waals surface area contributed by atoms with Crippen molar-refractivity contribution in [3.05, 3.63) is 76.7 Å². The van der Waals surface area contributed by atoms with E-state index < -0.39 is 17.6 Å². The highest BCUT2D eigenvalue weighted by molar-refractivity contribution is 7.80. The van der Waals surface area contributed by atoms with Gasteiger partial charge in [0.05, 0.1) is 17.8 Å². The number of thiocarbonyl (C=S) groups is 1. The SMILES string of the molecule is Fc1cccc(Cl)c1Cn1ccc(NC(=S)Nc2ccccc2C(F)(F)F)n1. The summed E-state index contributed by atoms with van der Waals surface area (Å²) in [5, 5.41) is 9.59. The molecule has 0 saturated carbocycles. The number of anilines is 2. The second kappa shape index (κ2) is 8.15. The molecule has 10 heteroatoms. The highest BCUT2D eigenvalue weighted by atomic mass is 35.5. The number of hydrogen-bond donors (Lipinski definition) is 2. The van der Waals surface area contributed by atoms with Crippen LogP contribution in [0.3, 0.4) is 0 Å². The average Bonchev–Trinajstić information content (AvgIpc) is 3.04. The summed E-state index contributed by atoms with van der Waals surface area (Å²) >= 11 is 11.1. The fourth-order valence-corrected chi connectivity index (χ4v) is 2.91. The molecule has 146 valence electrons. The molecule has 0 atom stereocenters. The molecule has 0 saturated heterocycles. The van der Waals surface area contributed by atoms with Gasteiger partial charge in [0, 0.05) is 22.8 Å². The summed E-state index contributed by atoms with van der Waals surface area (Å²) < 4.78 is 54.4. The van der Waals surface area contributed by atoms with Gasteiger partial charge in [-0.2, -0.15) is 18.3 Å². The van der Waals surface area contributed by atoms with Crippen LogP contribution in [0.4, 0.5) is 29.1 Å². The summed E-state index contributed by atoms with van der Waals surface area (Å²) in [4.78, 5) is 0. The molecule has 0 amide bonds. The van der Waals surface area contributed by atoms with Crippen LogP contribution in [0.5, 0.6) is 0 Å². The molecule has 3 rings (SSSR count). The van der Waals surface area contributed by atoms with Gasteiger partial charge in [0.15, 0.2) is 10.9 Å². The quantitative estimate of drug-likeness (QED) is 0.422. The zero-order valence-electron chi connectivity index (χ0n) is 14.1. The molecule has 0 spiro atoms. The third-order valence-electron chi connectivity index (χ3n) is 3.74. The zero-order valence-corrected chi connectivity index (χ0v) is 15.7. The first-order chi connectivity index (χ1) is 13.2. The smallest absolute Gasteiger partial charge is 0.332 e. The number of para-hydroxylation sites is 1. The number of aromatic nitrogens is 2. The maximum atomic E-state index is 13.9. The summed E-state index contributed by atoms with van der Waals surface area (Å²) in [6.07, 6.45) is -2.95. The molecular weight excluding hydrogens is 416 g/mol. The van der Waals surface area contributed by atoms with Crippen LogP contribution in [0.2, 0.25) is 5.02 Å². The van der Waals surface area contributed by atoms with Crippen LogP contribution in [0.1, 0.15) is 11.1 Å². The summed E-state index contributed by atoms with van der Waals surface area (Å²) in [6, 6.07) is 10.9. The molecule has 1 aromatic heterocycles. The van der Waals surface area contributed by atoms with Crippen molar-refractivity contribution in [2.24, 2.45) is 0 Å². The van der Waals surface area contributed by atoms with Crippen molar-refractivity contribution in [3.63, 3.8) is 0 Å². The van der Waals surface area contributed by atoms with Crippen LogP contribution in [0.15, 0.2) is 54.7 Å². The van der Waals surface area contributed by atoms with E-state index in [2.05, 4.69) is 15.7 Å². The third-order valence-corrected chi connectivity index (χ3v) is 4.30. The molecule has 0 radical (unpaired) electrons. The van der Waals surface area contributed by atoms with Gasteiger partial charge in [-0.15, -0.1) is 0 Å². The fourth-order valence-electron chi connectivity index (χ4n) is 2.47. The lowest BCUT2D eigenvalue weighted by molar-refractivity contribution is -0.136. The van der Waals surface area contributed by atoms with E-state index in [4.69, 9.17) is 23.8 Å². The van der Waals surface area contributed by atoms with Crippen molar-refractivity contribution in [2.45, 2.75) is 12.7 Å². The van der Waals surface area contributed by atoms with Gasteiger partial charge in [-0.1, -0.05) is 29.8 Å². The Kier molecular flexibility index (Phi) is 5.85. The molecule has 0 aliphatic rings. The van der Waals surface area contributed by atoms with E-state index in [9.17, 15) is 17.6 Å². The minimum atomic E-state index is -4.51. The number of rotatable bonds is 4. The van der Waals surface area contributed by atoms with Gasteiger partial charge < -0.3 is 10.6 Å². The molecule has 0 bridgehead atoms. The lowest BCUT2D eigenvalue weighted by Gasteiger charge is -2.15. The number of nitrogens with zero attached hydrogens (tertiary/aromatic N) is 2. The molecule has 4 nitrogen and oxygen atoms in total. The van der Waals surface area contributed by atoms with Crippen LogP contribution in [-0.4, -0.2) is 14.9 Å². The van der Waals surface area contributed by atoms with Crippen molar-refractivity contribution < 1.29 is 17.6 Å². The molecule has 0 aliphatic heterocycles. The second-order valence-electron chi connectivity index (χ2n) is 5.72. The number of hydrogen-bond acceptors (Lipinski definition) is 2. The maximum absolute atomic E-state index is 13.9. The van der Waals surface area contributed by atoms with Gasteiger partial charge in [0.2, 0.25) is 0 Å². The van der Waals surface area contributed by atoms with E-state index in [0.717, 1.165) is 6.07 Å². The molecule has 2 aromatic carbocycles. The fraction of sp³-hybridized carbons (Fsp3) is 0.111. The monoisotopic (exact) mass is 428 g/mol. The number of alkyl halides is 3. The van der Waals surface area contributed by atoms with Crippen LogP contribution < -0.4 is 10.6 Å². The van der Waals surface area contributed by atoms with Gasteiger partial charge in [-0.3, -0.25) is 4.68 Å². The van der Waals surface area contributed by atoms with Gasteiger partial charge in [0.25, 0.3) is 0 Å². The van der Waals surface area contributed by atoms with E-state index in [1.54, 1.807) is 18.3 Å². The van der Waals surface area contributed by atoms with Gasteiger partial charge in [-0.25, -0.2) is 4.39 Å². The molecule has 0 fully saturated rings. The van der Waals surface area contributed by atoms with E-state index in [0.29, 0.717) is 0 Å². The molecule has 0 unspecified atom stereocenters. The summed E-state index contributed by atoms with van der Waals surface area (Å²) in [5.41, 5.74) is -0.734. The summed E-state index contributed by atoms with van der Waals surface area (Å²) in [5.74, 6) is -0.173. The number of halogens is 5. The van der Waals surface area contributed by atoms with Gasteiger partial charge >= 0.3 is 6.18 Å². The predicted molar refractivity (Wildman–Crippen MR) is 104 cm³/mol. The van der Waals surface area contributed by atoms with Crippen LogP contribution in [-0.2, 0) is 12.7 Å². The Balaban J connectivity index is 1.68. The average molecular weight is 429 g/mol. The van der Waals surface area contributed by atoms with E-state index in [1.165, 1.54) is 35.0 Å². The van der Waals surface area contributed by atoms with Gasteiger partial charge in [0.1, 0.15) is 5.82 Å². The minimum absolute atomic E-state index is 0.0640. The van der Waals surface area contributed by atoms with Gasteiger partial charge in [-0.05, 0) is 36.5 Å². The molecule has 28 heavy (non-hydrogen) atoms. The molecule has 0 aliphatic carbocycles. The Morgan fingerprint density at radius 2 is 1.82 bits per heavy atom. The van der Waals surface area contributed by atoms with Crippen LogP contribution >= 0.6 is 23.8 Å². The molecular formula is C18H13ClF4N4S. The Hall–Kier alpha value is -2.65. The lowest BCUT2D eigenvalue weighted by Crippen LogP contribution is -2.22. The standard InChI is InChI=1S/C18H13ClF4N4S/c19-13-5-3-6-14(20)11(13)10-27-9-8-16(26-27)25-17(28)24-15-7-2-1-4-12(15)18(21,22)23/h1-9H,10H2,(H2,24,25,26,28). The Bertz CT molecular complexity index is 983. The highest BCUT2D eigenvalue weighted by Crippen LogP contribution is 2.34. The summed E-state index contributed by atoms with van der Waals surface area (Å²) in [6.45, 7) is 0.0876. The van der Waals surface area contributed by atoms with Crippen molar-refractivity contribution in [1.29, 1.82) is 0 Å². The first-order valence-corrected chi connectivity index (χ1v) is 8.73. The Labute approximate surface area is 168 Å². The minimum Gasteiger partial charge on any atom is -0.332 e. The first kappa shape index (κ1) is 20.1. The van der Waals surface area contributed by atoms with Crippen molar-refractivity contribution in [2.75, 3.05) is 10.6 Å². The molecule has 3 aromatic rings.